The number of sulfonamides is 1. The second-order valence-corrected chi connectivity index (χ2v) is 9.27. The van der Waals surface area contributed by atoms with Crippen molar-refractivity contribution in [2.75, 3.05) is 13.7 Å². The van der Waals surface area contributed by atoms with E-state index in [1.165, 1.54) is 17.6 Å². The fourth-order valence-corrected chi connectivity index (χ4v) is 4.82. The Bertz CT molecular complexity index is 1050. The molecule has 150 valence electrons. The third kappa shape index (κ3) is 4.48. The molecule has 0 bridgehead atoms. The van der Waals surface area contributed by atoms with Crippen LogP contribution in [0.25, 0.3) is 0 Å². The molecular weight excluding hydrogens is 446 g/mol. The zero-order valence-corrected chi connectivity index (χ0v) is 18.3. The number of ether oxygens (including phenoxy) is 1. The smallest absolute Gasteiger partial charge is 0.246 e. The van der Waals surface area contributed by atoms with Crippen molar-refractivity contribution in [1.82, 2.24) is 14.1 Å². The van der Waals surface area contributed by atoms with Crippen LogP contribution in [0.4, 0.5) is 0 Å². The van der Waals surface area contributed by atoms with E-state index < -0.39 is 10.0 Å². The van der Waals surface area contributed by atoms with E-state index in [1.54, 1.807) is 30.7 Å². The first-order valence-electron chi connectivity index (χ1n) is 8.70. The van der Waals surface area contributed by atoms with Crippen molar-refractivity contribution >= 4 is 26.0 Å². The van der Waals surface area contributed by atoms with Crippen molar-refractivity contribution < 1.29 is 17.6 Å². The lowest BCUT2D eigenvalue weighted by Crippen LogP contribution is -2.27. The Morgan fingerprint density at radius 1 is 1.25 bits per heavy atom. The number of benzene rings is 1. The highest BCUT2D eigenvalue weighted by Crippen LogP contribution is 2.24. The van der Waals surface area contributed by atoms with Gasteiger partial charge in [0.15, 0.2) is 0 Å². The maximum Gasteiger partial charge on any atom is 0.246 e. The Labute approximate surface area is 173 Å². The third-order valence-corrected chi connectivity index (χ3v) is 6.86. The van der Waals surface area contributed by atoms with Crippen molar-refractivity contribution in [1.29, 1.82) is 0 Å². The van der Waals surface area contributed by atoms with E-state index in [1.807, 2.05) is 24.3 Å². The maximum atomic E-state index is 13.0. The van der Waals surface area contributed by atoms with Gasteiger partial charge in [0.25, 0.3) is 0 Å². The second-order valence-electron chi connectivity index (χ2n) is 6.37. The molecule has 28 heavy (non-hydrogen) atoms. The van der Waals surface area contributed by atoms with Gasteiger partial charge >= 0.3 is 0 Å². The molecule has 0 atom stereocenters. The number of rotatable bonds is 8. The molecule has 1 aromatic carbocycles. The van der Waals surface area contributed by atoms with Crippen LogP contribution in [-0.4, -0.2) is 36.2 Å². The minimum absolute atomic E-state index is 0.158. The van der Waals surface area contributed by atoms with Crippen LogP contribution in [0, 0.1) is 13.8 Å². The molecule has 0 aliphatic carbocycles. The maximum absolute atomic E-state index is 13.0. The molecule has 0 saturated heterocycles. The molecule has 0 aliphatic rings. The summed E-state index contributed by atoms with van der Waals surface area (Å²) in [6.45, 7) is 4.43. The zero-order valence-electron chi connectivity index (χ0n) is 15.9. The van der Waals surface area contributed by atoms with Crippen LogP contribution in [0.3, 0.4) is 0 Å². The van der Waals surface area contributed by atoms with Gasteiger partial charge in [-0.3, -0.25) is 4.68 Å². The first-order chi connectivity index (χ1) is 13.3. The molecule has 0 fully saturated rings. The lowest BCUT2D eigenvalue weighted by molar-refractivity contribution is 0.289. The fraction of sp³-hybridized carbons (Fsp3) is 0.316. The standard InChI is InChI=1S/C19H22BrN3O4S/c1-14-19(28(24,25)22(3)13-18-8-5-10-26-18)15(2)23(21-14)9-11-27-17-7-4-6-16(20)12-17/h4-8,10,12H,9,11,13H2,1-3H3. The minimum Gasteiger partial charge on any atom is -0.492 e. The summed E-state index contributed by atoms with van der Waals surface area (Å²) in [4.78, 5) is 0.226. The molecular formula is C19H22BrN3O4S. The number of aryl methyl sites for hydroxylation is 1. The lowest BCUT2D eigenvalue weighted by atomic mass is 10.3. The normalized spacial score (nSPS) is 11.9. The number of hydrogen-bond donors (Lipinski definition) is 0. The molecule has 0 unspecified atom stereocenters. The summed E-state index contributed by atoms with van der Waals surface area (Å²) >= 11 is 3.40. The van der Waals surface area contributed by atoms with Gasteiger partial charge in [0.1, 0.15) is 23.0 Å². The summed E-state index contributed by atoms with van der Waals surface area (Å²) in [5.74, 6) is 1.32. The number of nitrogens with zero attached hydrogens (tertiary/aromatic N) is 3. The van der Waals surface area contributed by atoms with E-state index in [2.05, 4.69) is 21.0 Å². The SMILES string of the molecule is Cc1nn(CCOc2cccc(Br)c2)c(C)c1S(=O)(=O)N(C)Cc1ccco1. The van der Waals surface area contributed by atoms with Crippen LogP contribution in [0.5, 0.6) is 5.75 Å². The number of hydrogen-bond acceptors (Lipinski definition) is 5. The molecule has 2 heterocycles. The Hall–Kier alpha value is -2.10. The first kappa shape index (κ1) is 20.6. The molecule has 0 N–H and O–H groups in total. The highest BCUT2D eigenvalue weighted by Gasteiger charge is 2.29. The zero-order chi connectivity index (χ0) is 20.3. The molecule has 2 aromatic heterocycles. The van der Waals surface area contributed by atoms with Gasteiger partial charge in [-0.1, -0.05) is 22.0 Å². The fourth-order valence-electron chi connectivity index (χ4n) is 2.94. The van der Waals surface area contributed by atoms with E-state index in [-0.39, 0.29) is 11.4 Å². The lowest BCUT2D eigenvalue weighted by Gasteiger charge is -2.16. The van der Waals surface area contributed by atoms with Crippen molar-refractivity contribution in [3.63, 3.8) is 0 Å². The van der Waals surface area contributed by atoms with Crippen molar-refractivity contribution in [3.8, 4) is 5.75 Å². The quantitative estimate of drug-likeness (QED) is 0.503. The van der Waals surface area contributed by atoms with Crippen molar-refractivity contribution in [2.24, 2.45) is 0 Å². The Balaban J connectivity index is 1.73. The predicted molar refractivity (Wildman–Crippen MR) is 109 cm³/mol. The predicted octanol–water partition coefficient (Wildman–Crippen LogP) is 3.76. The molecule has 3 aromatic rings. The number of aromatic nitrogens is 2. The average molecular weight is 468 g/mol. The van der Waals surface area contributed by atoms with Gasteiger partial charge in [0.2, 0.25) is 10.0 Å². The largest absolute Gasteiger partial charge is 0.492 e. The summed E-state index contributed by atoms with van der Waals surface area (Å²) in [7, 11) is -2.16. The molecule has 0 amide bonds. The topological polar surface area (TPSA) is 77.6 Å². The van der Waals surface area contributed by atoms with E-state index in [4.69, 9.17) is 9.15 Å². The first-order valence-corrected chi connectivity index (χ1v) is 10.9. The molecule has 9 heteroatoms. The number of furan rings is 1. The molecule has 0 aliphatic heterocycles. The monoisotopic (exact) mass is 467 g/mol. The summed E-state index contributed by atoms with van der Waals surface area (Å²) in [6.07, 6.45) is 1.52. The van der Waals surface area contributed by atoms with Gasteiger partial charge in [0, 0.05) is 11.5 Å². The Morgan fingerprint density at radius 2 is 2.04 bits per heavy atom. The van der Waals surface area contributed by atoms with Crippen LogP contribution in [0.15, 0.2) is 56.4 Å². The van der Waals surface area contributed by atoms with Crippen LogP contribution < -0.4 is 4.74 Å². The average Bonchev–Trinajstić information content (AvgIpc) is 3.23. The van der Waals surface area contributed by atoms with Crippen LogP contribution >= 0.6 is 15.9 Å². The van der Waals surface area contributed by atoms with Crippen molar-refractivity contribution in [3.05, 3.63) is 64.3 Å². The molecule has 0 radical (unpaired) electrons. The Kier molecular flexibility index (Phi) is 6.26. The van der Waals surface area contributed by atoms with Crippen LogP contribution in [0.2, 0.25) is 0 Å². The van der Waals surface area contributed by atoms with E-state index in [9.17, 15) is 8.42 Å². The summed E-state index contributed by atoms with van der Waals surface area (Å²) in [6, 6.07) is 11.0. The van der Waals surface area contributed by atoms with Gasteiger partial charge < -0.3 is 9.15 Å². The van der Waals surface area contributed by atoms with Gasteiger partial charge in [-0.15, -0.1) is 0 Å². The summed E-state index contributed by atoms with van der Waals surface area (Å²) in [5.41, 5.74) is 1.05. The van der Waals surface area contributed by atoms with E-state index in [0.717, 1.165) is 10.2 Å². The van der Waals surface area contributed by atoms with Crippen LogP contribution in [-0.2, 0) is 23.1 Å². The minimum atomic E-state index is -3.70. The highest BCUT2D eigenvalue weighted by atomic mass is 79.9. The van der Waals surface area contributed by atoms with Gasteiger partial charge in [0.05, 0.1) is 30.7 Å². The summed E-state index contributed by atoms with van der Waals surface area (Å²) in [5, 5.41) is 4.40. The second kappa shape index (κ2) is 8.50. The van der Waals surface area contributed by atoms with Gasteiger partial charge in [-0.25, -0.2) is 8.42 Å². The molecule has 3 rings (SSSR count). The van der Waals surface area contributed by atoms with Gasteiger partial charge in [-0.05, 0) is 44.2 Å². The third-order valence-electron chi connectivity index (χ3n) is 4.31. The van der Waals surface area contributed by atoms with E-state index >= 15 is 0 Å². The van der Waals surface area contributed by atoms with Crippen molar-refractivity contribution in [2.45, 2.75) is 31.8 Å². The van der Waals surface area contributed by atoms with Crippen LogP contribution in [0.1, 0.15) is 17.1 Å². The number of halogens is 1. The van der Waals surface area contributed by atoms with E-state index in [0.29, 0.717) is 30.3 Å². The Morgan fingerprint density at radius 3 is 2.71 bits per heavy atom. The molecule has 0 spiro atoms. The summed E-state index contributed by atoms with van der Waals surface area (Å²) < 4.78 is 40.9. The molecule has 7 nitrogen and oxygen atoms in total. The highest BCUT2D eigenvalue weighted by molar-refractivity contribution is 9.10. The molecule has 0 saturated carbocycles. The van der Waals surface area contributed by atoms with Gasteiger partial charge in [-0.2, -0.15) is 9.40 Å².